The fourth-order valence-electron chi connectivity index (χ4n) is 1.27. The van der Waals surface area contributed by atoms with E-state index in [2.05, 4.69) is 5.32 Å². The van der Waals surface area contributed by atoms with Crippen molar-refractivity contribution < 1.29 is 22.7 Å². The number of carbonyl (C=O) groups excluding carboxylic acids is 1. The van der Waals surface area contributed by atoms with Crippen molar-refractivity contribution in [3.63, 3.8) is 0 Å². The highest BCUT2D eigenvalue weighted by molar-refractivity contribution is 5.77. The van der Waals surface area contributed by atoms with Gasteiger partial charge in [-0.2, -0.15) is 13.2 Å². The molecule has 106 valence electrons. The summed E-state index contributed by atoms with van der Waals surface area (Å²) in [5, 5.41) is 2.13. The fraction of sp³-hybridized carbons (Fsp3) is 0.417. The van der Waals surface area contributed by atoms with E-state index in [1.807, 2.05) is 0 Å². The maximum Gasteiger partial charge on any atom is 0.390 e. The van der Waals surface area contributed by atoms with E-state index in [1.54, 1.807) is 24.3 Å². The first-order valence-electron chi connectivity index (χ1n) is 5.66. The number of nitrogens with two attached hydrogens (primary N) is 1. The van der Waals surface area contributed by atoms with Crippen molar-refractivity contribution >= 4 is 5.91 Å². The van der Waals surface area contributed by atoms with Crippen LogP contribution in [0.1, 0.15) is 12.0 Å². The van der Waals surface area contributed by atoms with E-state index in [-0.39, 0.29) is 6.61 Å². The lowest BCUT2D eigenvalue weighted by Crippen LogP contribution is -2.31. The monoisotopic (exact) mass is 276 g/mol. The number of hydrogen-bond donors (Lipinski definition) is 2. The van der Waals surface area contributed by atoms with E-state index >= 15 is 0 Å². The maximum atomic E-state index is 11.8. The van der Waals surface area contributed by atoms with Gasteiger partial charge in [0.1, 0.15) is 5.75 Å². The summed E-state index contributed by atoms with van der Waals surface area (Å²) in [6, 6.07) is 6.78. The second kappa shape index (κ2) is 6.98. The molecule has 0 radical (unpaired) electrons. The second-order valence-electron chi connectivity index (χ2n) is 3.85. The van der Waals surface area contributed by atoms with Gasteiger partial charge in [-0.3, -0.25) is 4.79 Å². The van der Waals surface area contributed by atoms with Crippen LogP contribution in [0.2, 0.25) is 0 Å². The molecule has 3 N–H and O–H groups in total. The number of halogens is 3. The lowest BCUT2D eigenvalue weighted by Gasteiger charge is -2.09. The lowest BCUT2D eigenvalue weighted by molar-refractivity contribution is -0.136. The molecule has 0 saturated heterocycles. The number of ether oxygens (including phenoxy) is 1. The summed E-state index contributed by atoms with van der Waals surface area (Å²) in [5.74, 6) is -0.129. The summed E-state index contributed by atoms with van der Waals surface area (Å²) in [5.41, 5.74) is 6.33. The second-order valence-corrected chi connectivity index (χ2v) is 3.85. The standard InChI is InChI=1S/C12H15F3N2O2/c13-12(14,15)5-6-17-11(18)8-19-10-3-1-9(7-16)2-4-10/h1-4H,5-8,16H2,(H,17,18). The van der Waals surface area contributed by atoms with Gasteiger partial charge in [0.05, 0.1) is 6.42 Å². The van der Waals surface area contributed by atoms with E-state index in [0.29, 0.717) is 12.3 Å². The van der Waals surface area contributed by atoms with Gasteiger partial charge in [-0.1, -0.05) is 12.1 Å². The average Bonchev–Trinajstić information content (AvgIpc) is 2.35. The van der Waals surface area contributed by atoms with Crippen molar-refractivity contribution in [3.05, 3.63) is 29.8 Å². The molecule has 1 rings (SSSR count). The third-order valence-corrected chi connectivity index (χ3v) is 2.26. The molecule has 0 aliphatic rings. The zero-order valence-electron chi connectivity index (χ0n) is 10.2. The quantitative estimate of drug-likeness (QED) is 0.829. The molecular weight excluding hydrogens is 261 g/mol. The van der Waals surface area contributed by atoms with E-state index in [4.69, 9.17) is 10.5 Å². The zero-order chi connectivity index (χ0) is 14.3. The maximum absolute atomic E-state index is 11.8. The van der Waals surface area contributed by atoms with Gasteiger partial charge in [-0.25, -0.2) is 0 Å². The molecule has 0 unspecified atom stereocenters. The van der Waals surface area contributed by atoms with Crippen LogP contribution < -0.4 is 15.8 Å². The van der Waals surface area contributed by atoms with E-state index < -0.39 is 25.0 Å². The Morgan fingerprint density at radius 2 is 1.89 bits per heavy atom. The summed E-state index contributed by atoms with van der Waals surface area (Å²) in [6.45, 7) is -0.365. The molecule has 7 heteroatoms. The Morgan fingerprint density at radius 3 is 2.42 bits per heavy atom. The minimum absolute atomic E-state index is 0.320. The molecule has 0 bridgehead atoms. The predicted molar refractivity (Wildman–Crippen MR) is 63.5 cm³/mol. The van der Waals surface area contributed by atoms with Gasteiger partial charge in [0.2, 0.25) is 0 Å². The van der Waals surface area contributed by atoms with Crippen molar-refractivity contribution in [1.82, 2.24) is 5.32 Å². The molecule has 1 aromatic carbocycles. The molecule has 0 aliphatic heterocycles. The Bertz CT molecular complexity index is 404. The highest BCUT2D eigenvalue weighted by Gasteiger charge is 2.26. The number of alkyl halides is 3. The number of rotatable bonds is 6. The molecule has 4 nitrogen and oxygen atoms in total. The van der Waals surface area contributed by atoms with Crippen LogP contribution in [-0.4, -0.2) is 25.2 Å². The first kappa shape index (κ1) is 15.3. The molecule has 1 amide bonds. The van der Waals surface area contributed by atoms with Crippen LogP contribution in [0, 0.1) is 0 Å². The topological polar surface area (TPSA) is 64.3 Å². The van der Waals surface area contributed by atoms with Crippen molar-refractivity contribution in [2.45, 2.75) is 19.1 Å². The third-order valence-electron chi connectivity index (χ3n) is 2.26. The number of hydrogen-bond acceptors (Lipinski definition) is 3. The molecule has 19 heavy (non-hydrogen) atoms. The Balaban J connectivity index is 2.26. The molecule has 0 aromatic heterocycles. The van der Waals surface area contributed by atoms with E-state index in [0.717, 1.165) is 5.56 Å². The molecule has 0 atom stereocenters. The fourth-order valence-corrected chi connectivity index (χ4v) is 1.27. The van der Waals surface area contributed by atoms with Gasteiger partial charge in [0, 0.05) is 13.1 Å². The normalized spacial score (nSPS) is 11.2. The summed E-state index contributed by atoms with van der Waals surface area (Å²) in [4.78, 5) is 11.2. The van der Waals surface area contributed by atoms with Gasteiger partial charge in [-0.05, 0) is 17.7 Å². The lowest BCUT2D eigenvalue weighted by atomic mass is 10.2. The van der Waals surface area contributed by atoms with Crippen LogP contribution in [-0.2, 0) is 11.3 Å². The van der Waals surface area contributed by atoms with Crippen molar-refractivity contribution in [3.8, 4) is 5.75 Å². The summed E-state index contributed by atoms with van der Waals surface area (Å²) in [7, 11) is 0. The number of benzene rings is 1. The van der Waals surface area contributed by atoms with E-state index in [1.165, 1.54) is 0 Å². The van der Waals surface area contributed by atoms with Crippen molar-refractivity contribution in [2.24, 2.45) is 5.73 Å². The smallest absolute Gasteiger partial charge is 0.390 e. The van der Waals surface area contributed by atoms with Gasteiger partial charge in [-0.15, -0.1) is 0 Å². The number of nitrogens with one attached hydrogen (secondary N) is 1. The molecule has 0 fully saturated rings. The van der Waals surface area contributed by atoms with E-state index in [9.17, 15) is 18.0 Å². The summed E-state index contributed by atoms with van der Waals surface area (Å²) < 4.78 is 40.6. The van der Waals surface area contributed by atoms with Crippen molar-refractivity contribution in [1.29, 1.82) is 0 Å². The largest absolute Gasteiger partial charge is 0.484 e. The van der Waals surface area contributed by atoms with Crippen LogP contribution in [0.15, 0.2) is 24.3 Å². The Labute approximate surface area is 108 Å². The Morgan fingerprint density at radius 1 is 1.26 bits per heavy atom. The van der Waals surface area contributed by atoms with Gasteiger partial charge < -0.3 is 15.8 Å². The molecule has 0 spiro atoms. The Kier molecular flexibility index (Phi) is 5.62. The zero-order valence-corrected chi connectivity index (χ0v) is 10.2. The number of carbonyl (C=O) groups is 1. The van der Waals surface area contributed by atoms with Crippen LogP contribution in [0.5, 0.6) is 5.75 Å². The van der Waals surface area contributed by atoms with Gasteiger partial charge >= 0.3 is 6.18 Å². The molecular formula is C12H15F3N2O2. The highest BCUT2D eigenvalue weighted by atomic mass is 19.4. The molecule has 0 aliphatic carbocycles. The molecule has 0 saturated carbocycles. The Hall–Kier alpha value is -1.76. The molecule has 1 aromatic rings. The van der Waals surface area contributed by atoms with Gasteiger partial charge in [0.15, 0.2) is 6.61 Å². The van der Waals surface area contributed by atoms with Gasteiger partial charge in [0.25, 0.3) is 5.91 Å². The predicted octanol–water partition coefficient (Wildman–Crippen LogP) is 1.59. The first-order chi connectivity index (χ1) is 8.90. The third kappa shape index (κ3) is 6.66. The first-order valence-corrected chi connectivity index (χ1v) is 5.66. The molecule has 0 heterocycles. The van der Waals surface area contributed by atoms with Crippen molar-refractivity contribution in [2.75, 3.05) is 13.2 Å². The van der Waals surface area contributed by atoms with Crippen LogP contribution in [0.4, 0.5) is 13.2 Å². The SMILES string of the molecule is NCc1ccc(OCC(=O)NCCC(F)(F)F)cc1. The number of amides is 1. The van der Waals surface area contributed by atoms with Crippen LogP contribution in [0.3, 0.4) is 0 Å². The van der Waals surface area contributed by atoms with Crippen LogP contribution in [0.25, 0.3) is 0 Å². The minimum atomic E-state index is -4.27. The average molecular weight is 276 g/mol. The minimum Gasteiger partial charge on any atom is -0.484 e. The summed E-state index contributed by atoms with van der Waals surface area (Å²) >= 11 is 0. The van der Waals surface area contributed by atoms with Crippen LogP contribution >= 0.6 is 0 Å². The summed E-state index contributed by atoms with van der Waals surface area (Å²) in [6.07, 6.45) is -5.32. The highest BCUT2D eigenvalue weighted by Crippen LogP contribution is 2.18.